The smallest absolute Gasteiger partial charge is 0.231 e. The zero-order valence-corrected chi connectivity index (χ0v) is 13.3. The van der Waals surface area contributed by atoms with Gasteiger partial charge in [-0.1, -0.05) is 6.08 Å². The fraction of sp³-hybridized carbons (Fsp3) is 0.389. The van der Waals surface area contributed by atoms with E-state index in [9.17, 15) is 4.79 Å². The molecular weight excluding hydrogens is 276 g/mol. The van der Waals surface area contributed by atoms with Crippen LogP contribution in [0.1, 0.15) is 28.9 Å². The third kappa shape index (κ3) is 2.44. The molecule has 0 spiro atoms. The second-order valence-electron chi connectivity index (χ2n) is 5.85. The van der Waals surface area contributed by atoms with E-state index in [1.165, 1.54) is 5.56 Å². The number of nitrogens with zero attached hydrogens (tertiary/aromatic N) is 2. The summed E-state index contributed by atoms with van der Waals surface area (Å²) in [5, 5.41) is 1.15. The monoisotopic (exact) mass is 298 g/mol. The van der Waals surface area contributed by atoms with Crippen molar-refractivity contribution in [1.29, 1.82) is 0 Å². The summed E-state index contributed by atoms with van der Waals surface area (Å²) >= 11 is 0. The molecule has 0 fully saturated rings. The predicted molar refractivity (Wildman–Crippen MR) is 88.6 cm³/mol. The molecule has 3 rings (SSSR count). The van der Waals surface area contributed by atoms with Crippen LogP contribution in [0.5, 0.6) is 5.75 Å². The van der Waals surface area contributed by atoms with Gasteiger partial charge >= 0.3 is 0 Å². The zero-order chi connectivity index (χ0) is 15.7. The second-order valence-corrected chi connectivity index (χ2v) is 5.85. The van der Waals surface area contributed by atoms with Crippen LogP contribution in [0, 0.1) is 0 Å². The van der Waals surface area contributed by atoms with Crippen LogP contribution in [-0.4, -0.2) is 36.1 Å². The van der Waals surface area contributed by atoms with E-state index in [2.05, 4.69) is 24.6 Å². The number of likely N-dealkylation sites (N-methyl/N-ethyl adjacent to an activating group) is 1. The minimum atomic E-state index is 0.145. The van der Waals surface area contributed by atoms with Crippen molar-refractivity contribution >= 4 is 16.8 Å². The molecule has 0 saturated heterocycles. The molecule has 0 amide bonds. The lowest BCUT2D eigenvalue weighted by Crippen LogP contribution is -2.29. The van der Waals surface area contributed by atoms with Crippen LogP contribution in [-0.2, 0) is 13.0 Å². The summed E-state index contributed by atoms with van der Waals surface area (Å²) in [6, 6.07) is 5.98. The van der Waals surface area contributed by atoms with Crippen LogP contribution >= 0.6 is 0 Å². The first-order valence-corrected chi connectivity index (χ1v) is 7.68. The van der Waals surface area contributed by atoms with Crippen molar-refractivity contribution in [2.75, 3.05) is 20.7 Å². The molecule has 1 aliphatic rings. The van der Waals surface area contributed by atoms with Gasteiger partial charge in [0.2, 0.25) is 5.91 Å². The standard InChI is InChI=1S/C18H22N2O2/c1-4-5-6-18(21)20-16-8-7-13(22-3)11-15(16)14-9-10-19(2)12-17(14)20/h4,7-8,11H,1,5-6,9-10,12H2,2-3H3. The van der Waals surface area contributed by atoms with Gasteiger partial charge in [-0.2, -0.15) is 0 Å². The largest absolute Gasteiger partial charge is 0.497 e. The quantitative estimate of drug-likeness (QED) is 0.813. The Kier molecular flexibility index (Phi) is 4.03. The fourth-order valence-electron chi connectivity index (χ4n) is 3.22. The van der Waals surface area contributed by atoms with Crippen LogP contribution in [0.4, 0.5) is 0 Å². The molecule has 4 nitrogen and oxygen atoms in total. The van der Waals surface area contributed by atoms with E-state index in [0.29, 0.717) is 12.8 Å². The summed E-state index contributed by atoms with van der Waals surface area (Å²) < 4.78 is 7.26. The second kappa shape index (κ2) is 5.97. The average Bonchev–Trinajstić information content (AvgIpc) is 2.85. The van der Waals surface area contributed by atoms with Crippen molar-refractivity contribution in [3.05, 3.63) is 42.1 Å². The molecule has 4 heteroatoms. The van der Waals surface area contributed by atoms with E-state index in [-0.39, 0.29) is 5.91 Å². The molecule has 1 aromatic heterocycles. The van der Waals surface area contributed by atoms with Gasteiger partial charge in [-0.3, -0.25) is 9.36 Å². The number of methoxy groups -OCH3 is 1. The van der Waals surface area contributed by atoms with Crippen LogP contribution in [0.3, 0.4) is 0 Å². The van der Waals surface area contributed by atoms with Gasteiger partial charge in [0.25, 0.3) is 0 Å². The maximum atomic E-state index is 12.7. The molecule has 22 heavy (non-hydrogen) atoms. The molecule has 0 N–H and O–H groups in total. The Labute approximate surface area is 131 Å². The van der Waals surface area contributed by atoms with E-state index in [1.807, 2.05) is 16.7 Å². The Hall–Kier alpha value is -2.07. The van der Waals surface area contributed by atoms with Crippen molar-refractivity contribution in [3.8, 4) is 5.75 Å². The van der Waals surface area contributed by atoms with Gasteiger partial charge in [-0.15, -0.1) is 6.58 Å². The van der Waals surface area contributed by atoms with Gasteiger partial charge in [-0.05, 0) is 43.7 Å². The maximum absolute atomic E-state index is 12.7. The number of hydrogen-bond donors (Lipinski definition) is 0. The molecule has 0 bridgehead atoms. The van der Waals surface area contributed by atoms with Crippen LogP contribution in [0.2, 0.25) is 0 Å². The van der Waals surface area contributed by atoms with Gasteiger partial charge in [0.15, 0.2) is 0 Å². The SMILES string of the molecule is C=CCCC(=O)n1c2c(c3cc(OC)ccc31)CCN(C)C2. The Morgan fingerprint density at radius 1 is 1.45 bits per heavy atom. The lowest BCUT2D eigenvalue weighted by Gasteiger charge is -2.24. The minimum absolute atomic E-state index is 0.145. The Morgan fingerprint density at radius 2 is 2.27 bits per heavy atom. The molecule has 0 radical (unpaired) electrons. The highest BCUT2D eigenvalue weighted by Crippen LogP contribution is 2.33. The Bertz CT molecular complexity index is 730. The van der Waals surface area contributed by atoms with E-state index < -0.39 is 0 Å². The highest BCUT2D eigenvalue weighted by Gasteiger charge is 2.25. The normalized spacial score (nSPS) is 14.8. The molecule has 1 aromatic carbocycles. The highest BCUT2D eigenvalue weighted by atomic mass is 16.5. The Morgan fingerprint density at radius 3 is 3.00 bits per heavy atom. The van der Waals surface area contributed by atoms with Crippen LogP contribution < -0.4 is 4.74 Å². The van der Waals surface area contributed by atoms with E-state index >= 15 is 0 Å². The number of carbonyl (C=O) groups is 1. The number of aromatic nitrogens is 1. The number of benzene rings is 1. The third-order valence-corrected chi connectivity index (χ3v) is 4.36. The van der Waals surface area contributed by atoms with Crippen molar-refractivity contribution in [2.45, 2.75) is 25.8 Å². The topological polar surface area (TPSA) is 34.5 Å². The maximum Gasteiger partial charge on any atom is 0.231 e. The molecule has 2 heterocycles. The minimum Gasteiger partial charge on any atom is -0.497 e. The first-order valence-electron chi connectivity index (χ1n) is 7.68. The summed E-state index contributed by atoms with van der Waals surface area (Å²) in [6.07, 6.45) is 3.97. The third-order valence-electron chi connectivity index (χ3n) is 4.36. The summed E-state index contributed by atoms with van der Waals surface area (Å²) in [7, 11) is 3.77. The number of allylic oxidation sites excluding steroid dienone is 1. The summed E-state index contributed by atoms with van der Waals surface area (Å²) in [5.74, 6) is 0.983. The number of ether oxygens (including phenoxy) is 1. The summed E-state index contributed by atoms with van der Waals surface area (Å²) in [5.41, 5.74) is 3.42. The molecule has 0 saturated carbocycles. The van der Waals surface area contributed by atoms with E-state index in [4.69, 9.17) is 4.74 Å². The van der Waals surface area contributed by atoms with Gasteiger partial charge in [0.1, 0.15) is 5.75 Å². The molecule has 0 unspecified atom stereocenters. The predicted octanol–water partition coefficient (Wildman–Crippen LogP) is 3.24. The van der Waals surface area contributed by atoms with Crippen LogP contribution in [0.25, 0.3) is 10.9 Å². The van der Waals surface area contributed by atoms with Crippen molar-refractivity contribution < 1.29 is 9.53 Å². The molecule has 0 atom stereocenters. The lowest BCUT2D eigenvalue weighted by molar-refractivity contribution is 0.0902. The summed E-state index contributed by atoms with van der Waals surface area (Å²) in [6.45, 7) is 5.54. The first kappa shape index (κ1) is 14.9. The van der Waals surface area contributed by atoms with Crippen molar-refractivity contribution in [1.82, 2.24) is 9.47 Å². The number of fused-ring (bicyclic) bond motifs is 3. The zero-order valence-electron chi connectivity index (χ0n) is 13.3. The number of rotatable bonds is 4. The molecule has 116 valence electrons. The lowest BCUT2D eigenvalue weighted by atomic mass is 10.0. The number of hydrogen-bond acceptors (Lipinski definition) is 3. The number of carbonyl (C=O) groups excluding carboxylic acids is 1. The van der Waals surface area contributed by atoms with Crippen molar-refractivity contribution in [3.63, 3.8) is 0 Å². The average molecular weight is 298 g/mol. The van der Waals surface area contributed by atoms with Crippen LogP contribution in [0.15, 0.2) is 30.9 Å². The van der Waals surface area contributed by atoms with Gasteiger partial charge in [0, 0.05) is 30.6 Å². The molecule has 0 aliphatic carbocycles. The summed E-state index contributed by atoms with van der Waals surface area (Å²) in [4.78, 5) is 14.9. The van der Waals surface area contributed by atoms with E-state index in [1.54, 1.807) is 13.2 Å². The van der Waals surface area contributed by atoms with E-state index in [0.717, 1.165) is 41.9 Å². The first-order chi connectivity index (χ1) is 10.7. The molecule has 1 aliphatic heterocycles. The van der Waals surface area contributed by atoms with Gasteiger partial charge < -0.3 is 9.64 Å². The molecule has 2 aromatic rings. The Balaban J connectivity index is 2.18. The van der Waals surface area contributed by atoms with Gasteiger partial charge in [0.05, 0.1) is 12.6 Å². The van der Waals surface area contributed by atoms with Gasteiger partial charge in [-0.25, -0.2) is 0 Å². The van der Waals surface area contributed by atoms with Crippen molar-refractivity contribution in [2.24, 2.45) is 0 Å². The molecular formula is C18H22N2O2. The fourth-order valence-corrected chi connectivity index (χ4v) is 3.22. The highest BCUT2D eigenvalue weighted by molar-refractivity contribution is 5.97.